The van der Waals surface area contributed by atoms with Gasteiger partial charge in [-0.15, -0.1) is 0 Å². The maximum atomic E-state index is 12.2. The zero-order valence-corrected chi connectivity index (χ0v) is 18.3. The molecule has 3 aromatic rings. The van der Waals surface area contributed by atoms with E-state index in [1.54, 1.807) is 13.2 Å². The summed E-state index contributed by atoms with van der Waals surface area (Å²) in [6, 6.07) is 10.6. The minimum Gasteiger partial charge on any atom is -0.493 e. The zero-order chi connectivity index (χ0) is 21.9. The molecule has 1 heterocycles. The number of methoxy groups -OCH3 is 1. The number of nitrogens with one attached hydrogen (secondary N) is 1. The van der Waals surface area contributed by atoms with Gasteiger partial charge in [0.05, 0.1) is 25.5 Å². The summed E-state index contributed by atoms with van der Waals surface area (Å²) < 4.78 is 37.3. The molecule has 1 aromatic heterocycles. The molecule has 0 spiro atoms. The fraction of sp³-hybridized carbons (Fsp3) is 0.318. The maximum absolute atomic E-state index is 12.2. The minimum absolute atomic E-state index is 0.0650. The second-order valence-electron chi connectivity index (χ2n) is 7.18. The highest BCUT2D eigenvalue weighted by Gasteiger charge is 2.21. The first-order valence-electron chi connectivity index (χ1n) is 9.57. The Bertz CT molecular complexity index is 1170. The first-order chi connectivity index (χ1) is 14.2. The van der Waals surface area contributed by atoms with Crippen LogP contribution in [-0.2, 0) is 14.6 Å². The van der Waals surface area contributed by atoms with Crippen molar-refractivity contribution in [2.24, 2.45) is 0 Å². The normalized spacial score (nSPS) is 12.5. The van der Waals surface area contributed by atoms with Crippen molar-refractivity contribution in [1.82, 2.24) is 4.57 Å². The van der Waals surface area contributed by atoms with Crippen molar-refractivity contribution in [3.05, 3.63) is 54.4 Å². The summed E-state index contributed by atoms with van der Waals surface area (Å²) in [5.74, 6) is 0.951. The molecule has 0 bridgehead atoms. The van der Waals surface area contributed by atoms with Crippen LogP contribution in [0.15, 0.2) is 48.8 Å². The monoisotopic (exact) mass is 430 g/mol. The molecule has 1 unspecified atom stereocenters. The average Bonchev–Trinajstić information content (AvgIpc) is 3.08. The van der Waals surface area contributed by atoms with Crippen molar-refractivity contribution in [2.45, 2.75) is 19.9 Å². The molecule has 0 saturated carbocycles. The Morgan fingerprint density at radius 3 is 2.47 bits per heavy atom. The van der Waals surface area contributed by atoms with Crippen LogP contribution in [0.5, 0.6) is 11.5 Å². The molecule has 0 aliphatic carbocycles. The number of amides is 1. The molecule has 7 nitrogen and oxygen atoms in total. The number of hydrogen-bond acceptors (Lipinski definition) is 5. The van der Waals surface area contributed by atoms with Crippen LogP contribution in [0.1, 0.15) is 25.5 Å². The Morgan fingerprint density at radius 2 is 1.83 bits per heavy atom. The van der Waals surface area contributed by atoms with Gasteiger partial charge in [-0.05, 0) is 42.1 Å². The number of fused-ring (bicyclic) bond motifs is 1. The first kappa shape index (κ1) is 21.7. The molecule has 0 radical (unpaired) electrons. The van der Waals surface area contributed by atoms with Crippen LogP contribution in [0, 0.1) is 0 Å². The third-order valence-corrected chi connectivity index (χ3v) is 5.60. The fourth-order valence-electron chi connectivity index (χ4n) is 3.43. The maximum Gasteiger partial charge on any atom is 0.221 e. The Morgan fingerprint density at radius 1 is 1.10 bits per heavy atom. The van der Waals surface area contributed by atoms with Gasteiger partial charge in [0.1, 0.15) is 9.84 Å². The van der Waals surface area contributed by atoms with Crippen molar-refractivity contribution in [1.29, 1.82) is 0 Å². The van der Waals surface area contributed by atoms with Crippen LogP contribution in [0.3, 0.4) is 0 Å². The number of carbonyl (C=O) groups is 1. The topological polar surface area (TPSA) is 86.6 Å². The smallest absolute Gasteiger partial charge is 0.221 e. The number of aromatic nitrogens is 1. The van der Waals surface area contributed by atoms with Crippen LogP contribution in [0.2, 0.25) is 0 Å². The molecular weight excluding hydrogens is 404 g/mol. The van der Waals surface area contributed by atoms with Crippen molar-refractivity contribution in [2.75, 3.05) is 31.0 Å². The van der Waals surface area contributed by atoms with Gasteiger partial charge in [-0.3, -0.25) is 4.79 Å². The van der Waals surface area contributed by atoms with E-state index in [0.717, 1.165) is 16.3 Å². The van der Waals surface area contributed by atoms with Gasteiger partial charge < -0.3 is 19.4 Å². The molecule has 3 rings (SSSR count). The lowest BCUT2D eigenvalue weighted by Crippen LogP contribution is -2.19. The van der Waals surface area contributed by atoms with E-state index in [2.05, 4.69) is 5.32 Å². The third-order valence-electron chi connectivity index (χ3n) is 4.68. The average molecular weight is 431 g/mol. The van der Waals surface area contributed by atoms with Gasteiger partial charge in [-0.1, -0.05) is 12.1 Å². The van der Waals surface area contributed by atoms with Gasteiger partial charge in [0.2, 0.25) is 5.91 Å². The number of hydrogen-bond donors (Lipinski definition) is 1. The molecule has 1 N–H and O–H groups in total. The Labute approximate surface area is 176 Å². The highest BCUT2D eigenvalue weighted by molar-refractivity contribution is 7.90. The first-order valence-corrected chi connectivity index (χ1v) is 11.6. The molecule has 0 fully saturated rings. The lowest BCUT2D eigenvalue weighted by atomic mass is 10.1. The standard InChI is InChI=1S/C22H26N2O5S/c1-5-29-22-11-16(7-9-21(22)28-3)20(14-30(4,26)27)24-12-17-6-8-19(23-15(2)25)10-18(17)13-24/h6-13,20H,5,14H2,1-4H3,(H,23,25). The predicted octanol–water partition coefficient (Wildman–Crippen LogP) is 3.64. The predicted molar refractivity (Wildman–Crippen MR) is 118 cm³/mol. The SMILES string of the molecule is CCOc1cc(C(CS(C)(=O)=O)n2cc3ccc(NC(C)=O)cc3c2)ccc1OC. The van der Waals surface area contributed by atoms with Crippen LogP contribution < -0.4 is 14.8 Å². The number of anilines is 1. The summed E-state index contributed by atoms with van der Waals surface area (Å²) in [4.78, 5) is 11.3. The number of benzene rings is 2. The molecule has 30 heavy (non-hydrogen) atoms. The van der Waals surface area contributed by atoms with Crippen molar-refractivity contribution < 1.29 is 22.7 Å². The second kappa shape index (κ2) is 8.79. The van der Waals surface area contributed by atoms with E-state index in [0.29, 0.717) is 23.8 Å². The molecule has 1 amide bonds. The summed E-state index contributed by atoms with van der Waals surface area (Å²) in [6.07, 6.45) is 5.03. The number of ether oxygens (including phenoxy) is 2. The Kier molecular flexibility index (Phi) is 6.36. The molecule has 0 aliphatic rings. The molecule has 8 heteroatoms. The van der Waals surface area contributed by atoms with Gasteiger partial charge in [-0.25, -0.2) is 8.42 Å². The number of nitrogens with zero attached hydrogens (tertiary/aromatic N) is 1. The quantitative estimate of drug-likeness (QED) is 0.590. The van der Waals surface area contributed by atoms with Crippen molar-refractivity contribution >= 4 is 32.2 Å². The van der Waals surface area contributed by atoms with E-state index in [4.69, 9.17) is 9.47 Å². The highest BCUT2D eigenvalue weighted by Crippen LogP contribution is 2.33. The second-order valence-corrected chi connectivity index (χ2v) is 9.37. The van der Waals surface area contributed by atoms with Crippen LogP contribution in [0.4, 0.5) is 5.69 Å². The third kappa shape index (κ3) is 5.13. The lowest BCUT2D eigenvalue weighted by Gasteiger charge is -2.20. The van der Waals surface area contributed by atoms with E-state index in [1.807, 2.05) is 54.2 Å². The van der Waals surface area contributed by atoms with Gasteiger partial charge in [-0.2, -0.15) is 0 Å². The van der Waals surface area contributed by atoms with E-state index >= 15 is 0 Å². The van der Waals surface area contributed by atoms with Crippen LogP contribution >= 0.6 is 0 Å². The van der Waals surface area contributed by atoms with Gasteiger partial charge in [0.25, 0.3) is 0 Å². The van der Waals surface area contributed by atoms with Gasteiger partial charge in [0, 0.05) is 36.6 Å². The lowest BCUT2D eigenvalue weighted by molar-refractivity contribution is -0.114. The Balaban J connectivity index is 2.08. The fourth-order valence-corrected chi connectivity index (χ4v) is 4.37. The Hall–Kier alpha value is -3.00. The molecule has 1 atom stereocenters. The van der Waals surface area contributed by atoms with Gasteiger partial charge >= 0.3 is 0 Å². The summed E-state index contributed by atoms with van der Waals surface area (Å²) in [5, 5.41) is 4.61. The van der Waals surface area contributed by atoms with Crippen LogP contribution in [0.25, 0.3) is 10.8 Å². The number of rotatable bonds is 8. The van der Waals surface area contributed by atoms with E-state index in [1.165, 1.54) is 13.2 Å². The van der Waals surface area contributed by atoms with Crippen molar-refractivity contribution in [3.63, 3.8) is 0 Å². The van der Waals surface area contributed by atoms with E-state index < -0.39 is 15.9 Å². The molecule has 0 saturated heterocycles. The van der Waals surface area contributed by atoms with Crippen molar-refractivity contribution in [3.8, 4) is 11.5 Å². The molecule has 0 aliphatic heterocycles. The van der Waals surface area contributed by atoms with E-state index in [-0.39, 0.29) is 11.7 Å². The number of sulfone groups is 1. The zero-order valence-electron chi connectivity index (χ0n) is 17.5. The van der Waals surface area contributed by atoms with Crippen LogP contribution in [-0.4, -0.2) is 44.6 Å². The van der Waals surface area contributed by atoms with Gasteiger partial charge in [0.15, 0.2) is 11.5 Å². The summed E-state index contributed by atoms with van der Waals surface area (Å²) in [6.45, 7) is 3.80. The summed E-state index contributed by atoms with van der Waals surface area (Å²) in [7, 11) is -1.71. The van der Waals surface area contributed by atoms with E-state index in [9.17, 15) is 13.2 Å². The molecular formula is C22H26N2O5S. The number of carbonyl (C=O) groups excluding carboxylic acids is 1. The highest BCUT2D eigenvalue weighted by atomic mass is 32.2. The summed E-state index contributed by atoms with van der Waals surface area (Å²) in [5.41, 5.74) is 1.49. The summed E-state index contributed by atoms with van der Waals surface area (Å²) >= 11 is 0. The minimum atomic E-state index is -3.27. The molecule has 2 aromatic carbocycles. The molecule has 160 valence electrons. The largest absolute Gasteiger partial charge is 0.493 e.